The van der Waals surface area contributed by atoms with Crippen LogP contribution in [-0.2, 0) is 0 Å². The molecular formula is C16H25BrOS. The van der Waals surface area contributed by atoms with Crippen LogP contribution in [0.2, 0.25) is 0 Å². The van der Waals surface area contributed by atoms with Crippen molar-refractivity contribution in [3.8, 4) is 5.75 Å². The first-order chi connectivity index (χ1) is 9.24. The van der Waals surface area contributed by atoms with Gasteiger partial charge >= 0.3 is 0 Å². The molecule has 1 aromatic rings. The van der Waals surface area contributed by atoms with E-state index in [1.54, 1.807) is 0 Å². The highest BCUT2D eigenvalue weighted by Gasteiger charge is 1.99. The average Bonchev–Trinajstić information content (AvgIpc) is 2.39. The van der Waals surface area contributed by atoms with E-state index >= 15 is 0 Å². The zero-order chi connectivity index (χ0) is 13.9. The van der Waals surface area contributed by atoms with Crippen molar-refractivity contribution in [2.45, 2.75) is 51.9 Å². The zero-order valence-corrected chi connectivity index (χ0v) is 14.3. The van der Waals surface area contributed by atoms with E-state index in [1.807, 2.05) is 12.1 Å². The molecule has 1 rings (SSSR count). The fourth-order valence-corrected chi connectivity index (χ4v) is 2.75. The Morgan fingerprint density at radius 1 is 1.00 bits per heavy atom. The fourth-order valence-electron chi connectivity index (χ4n) is 2.05. The van der Waals surface area contributed by atoms with Gasteiger partial charge in [-0.3, -0.25) is 0 Å². The number of hydrogen-bond acceptors (Lipinski definition) is 2. The Labute approximate surface area is 131 Å². The molecule has 0 saturated heterocycles. The van der Waals surface area contributed by atoms with Crippen LogP contribution in [0.15, 0.2) is 22.7 Å². The average molecular weight is 345 g/mol. The molecule has 1 nitrogen and oxygen atoms in total. The first kappa shape index (κ1) is 16.9. The van der Waals surface area contributed by atoms with Crippen molar-refractivity contribution in [1.82, 2.24) is 0 Å². The van der Waals surface area contributed by atoms with Crippen molar-refractivity contribution in [3.63, 3.8) is 0 Å². The summed E-state index contributed by atoms with van der Waals surface area (Å²) >= 11 is 7.69. The minimum absolute atomic E-state index is 0.832. The number of thiol groups is 1. The normalized spacial score (nSPS) is 10.7. The van der Waals surface area contributed by atoms with Gasteiger partial charge in [0.25, 0.3) is 0 Å². The van der Waals surface area contributed by atoms with Gasteiger partial charge in [-0.15, -0.1) is 0 Å². The lowest BCUT2D eigenvalue weighted by molar-refractivity contribution is 0.302. The number of ether oxygens (including phenoxy) is 1. The van der Waals surface area contributed by atoms with Crippen LogP contribution in [0.25, 0.3) is 0 Å². The third-order valence-corrected chi connectivity index (χ3v) is 4.01. The first-order valence-electron chi connectivity index (χ1n) is 7.24. The van der Waals surface area contributed by atoms with Crippen LogP contribution < -0.4 is 4.74 Å². The first-order valence-corrected chi connectivity index (χ1v) is 8.66. The van der Waals surface area contributed by atoms with Gasteiger partial charge in [-0.25, -0.2) is 0 Å². The van der Waals surface area contributed by atoms with Crippen molar-refractivity contribution in [3.05, 3.63) is 28.2 Å². The second-order valence-corrected chi connectivity index (χ2v) is 6.32. The molecule has 0 atom stereocenters. The van der Waals surface area contributed by atoms with E-state index in [2.05, 4.69) is 41.5 Å². The number of halogens is 1. The predicted octanol–water partition coefficient (Wildman–Crippen LogP) is 5.80. The highest BCUT2D eigenvalue weighted by Crippen LogP contribution is 2.22. The number of unbranched alkanes of at least 4 members (excludes halogenated alkanes) is 6. The summed E-state index contributed by atoms with van der Waals surface area (Å²) in [5, 5.41) is 0. The van der Waals surface area contributed by atoms with E-state index in [0.29, 0.717) is 0 Å². The molecule has 0 spiro atoms. The number of rotatable bonds is 10. The van der Waals surface area contributed by atoms with Crippen LogP contribution in [0.4, 0.5) is 0 Å². The smallest absolute Gasteiger partial charge is 0.122 e. The van der Waals surface area contributed by atoms with Crippen LogP contribution in [0.1, 0.15) is 50.5 Å². The second kappa shape index (κ2) is 10.6. The molecule has 0 radical (unpaired) electrons. The molecule has 19 heavy (non-hydrogen) atoms. The molecule has 0 aliphatic heterocycles. The number of aryl methyl sites for hydroxylation is 1. The van der Waals surface area contributed by atoms with Gasteiger partial charge in [0, 0.05) is 4.47 Å². The molecule has 0 saturated carbocycles. The maximum Gasteiger partial charge on any atom is 0.122 e. The van der Waals surface area contributed by atoms with Gasteiger partial charge < -0.3 is 4.74 Å². The molecule has 0 aromatic heterocycles. The molecule has 0 aliphatic carbocycles. The third kappa shape index (κ3) is 7.88. The number of benzene rings is 1. The van der Waals surface area contributed by atoms with Crippen molar-refractivity contribution in [2.75, 3.05) is 12.4 Å². The van der Waals surface area contributed by atoms with Gasteiger partial charge in [0.15, 0.2) is 0 Å². The SMILES string of the molecule is Cc1cc(Br)ccc1OCCCCCCCCCS. The summed E-state index contributed by atoms with van der Waals surface area (Å²) in [5.74, 6) is 2.04. The summed E-state index contributed by atoms with van der Waals surface area (Å²) in [6.07, 6.45) is 9.05. The Hall–Kier alpha value is -0.150. The molecule has 0 amide bonds. The highest BCUT2D eigenvalue weighted by atomic mass is 79.9. The van der Waals surface area contributed by atoms with Crippen LogP contribution in [0.5, 0.6) is 5.75 Å². The van der Waals surface area contributed by atoms with Gasteiger partial charge in [-0.05, 0) is 49.3 Å². The summed E-state index contributed by atoms with van der Waals surface area (Å²) in [7, 11) is 0. The zero-order valence-electron chi connectivity index (χ0n) is 11.8. The topological polar surface area (TPSA) is 9.23 Å². The van der Waals surface area contributed by atoms with Crippen molar-refractivity contribution in [1.29, 1.82) is 0 Å². The minimum Gasteiger partial charge on any atom is -0.493 e. The Morgan fingerprint density at radius 3 is 2.26 bits per heavy atom. The molecule has 1 aromatic carbocycles. The van der Waals surface area contributed by atoms with Crippen LogP contribution >= 0.6 is 28.6 Å². The molecule has 0 fully saturated rings. The Balaban J connectivity index is 2.01. The van der Waals surface area contributed by atoms with E-state index < -0.39 is 0 Å². The second-order valence-electron chi connectivity index (χ2n) is 4.96. The van der Waals surface area contributed by atoms with E-state index in [1.165, 1.54) is 44.1 Å². The Kier molecular flexibility index (Phi) is 9.44. The lowest BCUT2D eigenvalue weighted by Gasteiger charge is -2.09. The van der Waals surface area contributed by atoms with E-state index in [9.17, 15) is 0 Å². The monoisotopic (exact) mass is 344 g/mol. The van der Waals surface area contributed by atoms with Gasteiger partial charge in [0.1, 0.15) is 5.75 Å². The Bertz CT molecular complexity index is 355. The summed E-state index contributed by atoms with van der Waals surface area (Å²) in [4.78, 5) is 0. The minimum atomic E-state index is 0.832. The molecule has 0 aliphatic rings. The largest absolute Gasteiger partial charge is 0.493 e. The van der Waals surface area contributed by atoms with Crippen molar-refractivity contribution in [2.24, 2.45) is 0 Å². The maximum atomic E-state index is 5.81. The predicted molar refractivity (Wildman–Crippen MR) is 90.5 cm³/mol. The van der Waals surface area contributed by atoms with Gasteiger partial charge in [-0.2, -0.15) is 12.6 Å². The summed E-state index contributed by atoms with van der Waals surface area (Å²) in [5.41, 5.74) is 1.20. The molecular weight excluding hydrogens is 320 g/mol. The van der Waals surface area contributed by atoms with Crippen molar-refractivity contribution < 1.29 is 4.74 Å². The fraction of sp³-hybridized carbons (Fsp3) is 0.625. The van der Waals surface area contributed by atoms with Crippen LogP contribution in [-0.4, -0.2) is 12.4 Å². The molecule has 0 bridgehead atoms. The van der Waals surface area contributed by atoms with Crippen LogP contribution in [0.3, 0.4) is 0 Å². The van der Waals surface area contributed by atoms with E-state index in [0.717, 1.165) is 29.0 Å². The maximum absolute atomic E-state index is 5.81. The summed E-state index contributed by atoms with van der Waals surface area (Å²) < 4.78 is 6.92. The molecule has 0 heterocycles. The van der Waals surface area contributed by atoms with Gasteiger partial charge in [-0.1, -0.05) is 48.0 Å². The molecule has 0 N–H and O–H groups in total. The van der Waals surface area contributed by atoms with Gasteiger partial charge in [0.05, 0.1) is 6.61 Å². The van der Waals surface area contributed by atoms with E-state index in [4.69, 9.17) is 4.74 Å². The molecule has 3 heteroatoms. The van der Waals surface area contributed by atoms with Gasteiger partial charge in [0.2, 0.25) is 0 Å². The van der Waals surface area contributed by atoms with Crippen LogP contribution in [0, 0.1) is 6.92 Å². The standard InChI is InChI=1S/C16H25BrOS/c1-14-13-15(17)9-10-16(14)18-11-7-5-3-2-4-6-8-12-19/h9-10,13,19H,2-8,11-12H2,1H3. The quantitative estimate of drug-likeness (QED) is 0.417. The van der Waals surface area contributed by atoms with E-state index in [-0.39, 0.29) is 0 Å². The Morgan fingerprint density at radius 2 is 1.63 bits per heavy atom. The molecule has 0 unspecified atom stereocenters. The lowest BCUT2D eigenvalue weighted by atomic mass is 10.1. The summed E-state index contributed by atoms with van der Waals surface area (Å²) in [6.45, 7) is 2.92. The number of hydrogen-bond donors (Lipinski definition) is 1. The lowest BCUT2D eigenvalue weighted by Crippen LogP contribution is -1.98. The third-order valence-electron chi connectivity index (χ3n) is 3.20. The highest BCUT2D eigenvalue weighted by molar-refractivity contribution is 9.10. The van der Waals surface area contributed by atoms with Crippen molar-refractivity contribution >= 4 is 28.6 Å². The summed E-state index contributed by atoms with van der Waals surface area (Å²) in [6, 6.07) is 6.16. The molecule has 108 valence electrons.